The van der Waals surface area contributed by atoms with Crippen LogP contribution in [0.5, 0.6) is 5.75 Å². The van der Waals surface area contributed by atoms with Crippen molar-refractivity contribution < 1.29 is 9.53 Å². The van der Waals surface area contributed by atoms with E-state index in [1.807, 2.05) is 24.3 Å². The van der Waals surface area contributed by atoms with E-state index in [1.165, 1.54) is 24.0 Å². The molecule has 0 aliphatic heterocycles. The summed E-state index contributed by atoms with van der Waals surface area (Å²) in [5.74, 6) is 0.621. The molecule has 0 bridgehead atoms. The number of amides is 1. The molecule has 1 amide bonds. The summed E-state index contributed by atoms with van der Waals surface area (Å²) < 4.78 is 5.93. The highest BCUT2D eigenvalue weighted by Gasteiger charge is 2.19. The normalized spacial score (nSPS) is 14.7. The number of hydrogen-bond donors (Lipinski definition) is 1. The van der Waals surface area contributed by atoms with Gasteiger partial charge in [-0.25, -0.2) is 0 Å². The van der Waals surface area contributed by atoms with Crippen molar-refractivity contribution in [2.75, 3.05) is 5.32 Å². The fraction of sp³-hybridized carbons (Fsp3) is 0.316. The molecule has 0 radical (unpaired) electrons. The highest BCUT2D eigenvalue weighted by atomic mass is 35.5. The van der Waals surface area contributed by atoms with Crippen molar-refractivity contribution in [1.82, 2.24) is 0 Å². The molecule has 2 aromatic carbocycles. The van der Waals surface area contributed by atoms with Gasteiger partial charge in [-0.2, -0.15) is 0 Å². The van der Waals surface area contributed by atoms with Gasteiger partial charge in [0.1, 0.15) is 5.75 Å². The minimum absolute atomic E-state index is 0.202. The number of rotatable bonds is 4. The van der Waals surface area contributed by atoms with Crippen LogP contribution in [0, 0.1) is 0 Å². The molecule has 0 saturated carbocycles. The second kappa shape index (κ2) is 7.05. The molecule has 1 aliphatic rings. The zero-order valence-electron chi connectivity index (χ0n) is 13.1. The molecule has 0 spiro atoms. The summed E-state index contributed by atoms with van der Waals surface area (Å²) in [6.45, 7) is 1.76. The average molecular weight is 330 g/mol. The average Bonchev–Trinajstić information content (AvgIpc) is 2.57. The zero-order valence-corrected chi connectivity index (χ0v) is 13.9. The maximum atomic E-state index is 12.3. The standard InChI is InChI=1S/C19H20ClNO2/c1-13(19(22)21-17-11-5-4-10-16(17)20)23-18-12-6-8-14-7-2-3-9-15(14)18/h4-6,8,10-13H,2-3,7,9H2,1H3,(H,21,22)/t13-/m0/s1. The lowest BCUT2D eigenvalue weighted by atomic mass is 9.91. The van der Waals surface area contributed by atoms with Crippen molar-refractivity contribution in [1.29, 1.82) is 0 Å². The van der Waals surface area contributed by atoms with Crippen LogP contribution >= 0.6 is 11.6 Å². The Labute approximate surface area is 141 Å². The van der Waals surface area contributed by atoms with Crippen LogP contribution in [0.15, 0.2) is 42.5 Å². The molecule has 0 aromatic heterocycles. The molecule has 120 valence electrons. The van der Waals surface area contributed by atoms with Crippen molar-refractivity contribution in [3.63, 3.8) is 0 Å². The molecular weight excluding hydrogens is 310 g/mol. The molecule has 1 atom stereocenters. The third-order valence-electron chi connectivity index (χ3n) is 4.16. The number of para-hydroxylation sites is 1. The second-order valence-electron chi connectivity index (χ2n) is 5.83. The van der Waals surface area contributed by atoms with Crippen LogP contribution in [0.25, 0.3) is 0 Å². The highest BCUT2D eigenvalue weighted by molar-refractivity contribution is 6.33. The summed E-state index contributed by atoms with van der Waals surface area (Å²) in [5, 5.41) is 3.33. The monoisotopic (exact) mass is 329 g/mol. The molecule has 0 fully saturated rings. The van der Waals surface area contributed by atoms with Crippen LogP contribution < -0.4 is 10.1 Å². The zero-order chi connectivity index (χ0) is 16.2. The highest BCUT2D eigenvalue weighted by Crippen LogP contribution is 2.30. The summed E-state index contributed by atoms with van der Waals surface area (Å²) in [7, 11) is 0. The van der Waals surface area contributed by atoms with E-state index < -0.39 is 6.10 Å². The van der Waals surface area contributed by atoms with Crippen molar-refractivity contribution in [2.24, 2.45) is 0 Å². The van der Waals surface area contributed by atoms with E-state index in [-0.39, 0.29) is 5.91 Å². The first-order valence-electron chi connectivity index (χ1n) is 7.98. The van der Waals surface area contributed by atoms with Gasteiger partial charge < -0.3 is 10.1 Å². The number of anilines is 1. The fourth-order valence-electron chi connectivity index (χ4n) is 2.90. The van der Waals surface area contributed by atoms with E-state index in [4.69, 9.17) is 16.3 Å². The van der Waals surface area contributed by atoms with Crippen molar-refractivity contribution in [2.45, 2.75) is 38.7 Å². The molecule has 1 aliphatic carbocycles. The van der Waals surface area contributed by atoms with Crippen LogP contribution in [0.1, 0.15) is 30.9 Å². The molecule has 4 heteroatoms. The van der Waals surface area contributed by atoms with Crippen molar-refractivity contribution in [3.8, 4) is 5.75 Å². The molecule has 3 rings (SSSR count). The molecule has 3 nitrogen and oxygen atoms in total. The number of fused-ring (bicyclic) bond motifs is 1. The summed E-state index contributed by atoms with van der Waals surface area (Å²) >= 11 is 6.07. The smallest absolute Gasteiger partial charge is 0.265 e. The van der Waals surface area contributed by atoms with E-state index >= 15 is 0 Å². The van der Waals surface area contributed by atoms with Gasteiger partial charge in [0.05, 0.1) is 10.7 Å². The van der Waals surface area contributed by atoms with Gasteiger partial charge in [-0.15, -0.1) is 0 Å². The van der Waals surface area contributed by atoms with Crippen LogP contribution in [0.2, 0.25) is 5.02 Å². The van der Waals surface area contributed by atoms with Crippen LogP contribution in [-0.4, -0.2) is 12.0 Å². The lowest BCUT2D eigenvalue weighted by Crippen LogP contribution is -2.30. The first-order valence-corrected chi connectivity index (χ1v) is 8.36. The van der Waals surface area contributed by atoms with E-state index in [0.29, 0.717) is 10.7 Å². The Morgan fingerprint density at radius 3 is 2.74 bits per heavy atom. The second-order valence-corrected chi connectivity index (χ2v) is 6.24. The Morgan fingerprint density at radius 1 is 1.13 bits per heavy atom. The van der Waals surface area contributed by atoms with E-state index in [2.05, 4.69) is 11.4 Å². The minimum atomic E-state index is -0.584. The van der Waals surface area contributed by atoms with Crippen LogP contribution in [0.4, 0.5) is 5.69 Å². The third kappa shape index (κ3) is 3.67. The fourth-order valence-corrected chi connectivity index (χ4v) is 3.08. The third-order valence-corrected chi connectivity index (χ3v) is 4.49. The lowest BCUT2D eigenvalue weighted by molar-refractivity contribution is -0.122. The van der Waals surface area contributed by atoms with Gasteiger partial charge >= 0.3 is 0 Å². The van der Waals surface area contributed by atoms with Gasteiger partial charge in [0.2, 0.25) is 0 Å². The number of halogens is 1. The van der Waals surface area contributed by atoms with Crippen LogP contribution in [-0.2, 0) is 17.6 Å². The van der Waals surface area contributed by atoms with E-state index in [1.54, 1.807) is 19.1 Å². The van der Waals surface area contributed by atoms with Gasteiger partial charge in [-0.05, 0) is 61.9 Å². The van der Waals surface area contributed by atoms with E-state index in [9.17, 15) is 4.79 Å². The van der Waals surface area contributed by atoms with E-state index in [0.717, 1.165) is 18.6 Å². The van der Waals surface area contributed by atoms with Gasteiger partial charge in [0.25, 0.3) is 5.91 Å². The summed E-state index contributed by atoms with van der Waals surface area (Å²) in [4.78, 5) is 12.3. The topological polar surface area (TPSA) is 38.3 Å². The quantitative estimate of drug-likeness (QED) is 0.888. The number of hydrogen-bond acceptors (Lipinski definition) is 2. The predicted molar refractivity (Wildman–Crippen MR) is 93.3 cm³/mol. The van der Waals surface area contributed by atoms with Crippen LogP contribution in [0.3, 0.4) is 0 Å². The Hall–Kier alpha value is -2.00. The molecule has 2 aromatic rings. The molecule has 0 saturated heterocycles. The largest absolute Gasteiger partial charge is 0.481 e. The van der Waals surface area contributed by atoms with Gasteiger partial charge in [0.15, 0.2) is 6.10 Å². The maximum absolute atomic E-state index is 12.3. The summed E-state index contributed by atoms with van der Waals surface area (Å²) in [5.41, 5.74) is 3.19. The number of carbonyl (C=O) groups is 1. The number of carbonyl (C=O) groups excluding carboxylic acids is 1. The number of ether oxygens (including phenoxy) is 1. The molecule has 0 heterocycles. The summed E-state index contributed by atoms with van der Waals surface area (Å²) in [6, 6.07) is 13.3. The first-order chi connectivity index (χ1) is 11.1. The van der Waals surface area contributed by atoms with Gasteiger partial charge in [-0.3, -0.25) is 4.79 Å². The SMILES string of the molecule is C[C@H](Oc1cccc2c1CCCC2)C(=O)Nc1ccccc1Cl. The first kappa shape index (κ1) is 15.9. The summed E-state index contributed by atoms with van der Waals surface area (Å²) in [6.07, 6.45) is 3.92. The molecule has 0 unspecified atom stereocenters. The van der Waals surface area contributed by atoms with Gasteiger partial charge in [0, 0.05) is 0 Å². The number of aryl methyl sites for hydroxylation is 1. The molecular formula is C19H20ClNO2. The Morgan fingerprint density at radius 2 is 1.91 bits per heavy atom. The Kier molecular flexibility index (Phi) is 4.87. The molecule has 1 N–H and O–H groups in total. The van der Waals surface area contributed by atoms with Crippen molar-refractivity contribution in [3.05, 3.63) is 58.6 Å². The predicted octanol–water partition coefficient (Wildman–Crippen LogP) is 4.62. The lowest BCUT2D eigenvalue weighted by Gasteiger charge is -2.22. The maximum Gasteiger partial charge on any atom is 0.265 e. The van der Waals surface area contributed by atoms with Crippen molar-refractivity contribution >= 4 is 23.2 Å². The minimum Gasteiger partial charge on any atom is -0.481 e. The Balaban J connectivity index is 1.71. The number of benzene rings is 2. The molecule has 23 heavy (non-hydrogen) atoms. The number of nitrogens with one attached hydrogen (secondary N) is 1. The van der Waals surface area contributed by atoms with Gasteiger partial charge in [-0.1, -0.05) is 35.9 Å². The Bertz CT molecular complexity index is 714.